The van der Waals surface area contributed by atoms with Gasteiger partial charge in [-0.2, -0.15) is 4.98 Å². The molecular weight excluding hydrogens is 532 g/mol. The number of nitrogens with zero attached hydrogens (tertiary/aromatic N) is 4. The number of anilines is 4. The highest BCUT2D eigenvalue weighted by Gasteiger charge is 2.22. The van der Waals surface area contributed by atoms with Crippen LogP contribution in [0.3, 0.4) is 0 Å². The van der Waals surface area contributed by atoms with Crippen molar-refractivity contribution in [2.45, 2.75) is 13.8 Å². The molecule has 0 spiro atoms. The summed E-state index contributed by atoms with van der Waals surface area (Å²) in [6.07, 6.45) is 0.850. The van der Waals surface area contributed by atoms with Crippen molar-refractivity contribution < 1.29 is 19.0 Å². The Labute approximate surface area is 246 Å². The van der Waals surface area contributed by atoms with Crippen LogP contribution in [0.2, 0.25) is 0 Å². The van der Waals surface area contributed by atoms with Gasteiger partial charge in [-0.1, -0.05) is 18.2 Å². The summed E-state index contributed by atoms with van der Waals surface area (Å²) in [6, 6.07) is 19.2. The van der Waals surface area contributed by atoms with Gasteiger partial charge in [0, 0.05) is 43.8 Å². The SMILES string of the molecule is COc1ccc(OC(=O)Nc2ccnc(Nc3ccc(N4CCN(C)CC4)cc3)n2)c(OC)c1-c1c(C)cccc1C. The van der Waals surface area contributed by atoms with Crippen LogP contribution in [0.1, 0.15) is 11.1 Å². The van der Waals surface area contributed by atoms with E-state index in [9.17, 15) is 4.79 Å². The summed E-state index contributed by atoms with van der Waals surface area (Å²) in [5.41, 5.74) is 5.79. The zero-order valence-corrected chi connectivity index (χ0v) is 24.6. The highest BCUT2D eigenvalue weighted by Crippen LogP contribution is 2.46. The van der Waals surface area contributed by atoms with E-state index in [0.717, 1.165) is 48.6 Å². The van der Waals surface area contributed by atoms with Crippen LogP contribution in [-0.4, -0.2) is 68.4 Å². The lowest BCUT2D eigenvalue weighted by molar-refractivity contribution is 0.213. The molecule has 4 aromatic rings. The molecule has 2 N–H and O–H groups in total. The second-order valence-corrected chi connectivity index (χ2v) is 10.2. The quantitative estimate of drug-likeness (QED) is 0.270. The van der Waals surface area contributed by atoms with Gasteiger partial charge in [0.15, 0.2) is 11.5 Å². The number of hydrogen-bond acceptors (Lipinski definition) is 9. The third-order valence-corrected chi connectivity index (χ3v) is 7.32. The number of methoxy groups -OCH3 is 2. The van der Waals surface area contributed by atoms with Crippen LogP contribution in [0.4, 0.5) is 27.9 Å². The second kappa shape index (κ2) is 12.8. The van der Waals surface area contributed by atoms with Gasteiger partial charge in [-0.15, -0.1) is 0 Å². The van der Waals surface area contributed by atoms with Crippen LogP contribution in [0, 0.1) is 13.8 Å². The van der Waals surface area contributed by atoms with Gasteiger partial charge in [0.25, 0.3) is 0 Å². The molecule has 0 atom stereocenters. The summed E-state index contributed by atoms with van der Waals surface area (Å²) in [6.45, 7) is 8.15. The minimum absolute atomic E-state index is 0.251. The van der Waals surface area contributed by atoms with Gasteiger partial charge in [-0.25, -0.2) is 9.78 Å². The molecule has 1 aromatic heterocycles. The second-order valence-electron chi connectivity index (χ2n) is 10.2. The molecule has 1 aliphatic rings. The van der Waals surface area contributed by atoms with Crippen molar-refractivity contribution in [2.75, 3.05) is 63.0 Å². The van der Waals surface area contributed by atoms with Crippen molar-refractivity contribution in [2.24, 2.45) is 0 Å². The fourth-order valence-corrected chi connectivity index (χ4v) is 5.11. The van der Waals surface area contributed by atoms with Gasteiger partial charge in [0.1, 0.15) is 11.6 Å². The van der Waals surface area contributed by atoms with Gasteiger partial charge >= 0.3 is 6.09 Å². The molecule has 3 aromatic carbocycles. The molecule has 0 unspecified atom stereocenters. The van der Waals surface area contributed by atoms with Gasteiger partial charge in [0.05, 0.1) is 19.8 Å². The number of piperazine rings is 1. The average Bonchev–Trinajstić information content (AvgIpc) is 2.98. The van der Waals surface area contributed by atoms with Crippen molar-refractivity contribution in [1.82, 2.24) is 14.9 Å². The van der Waals surface area contributed by atoms with Crippen LogP contribution < -0.4 is 29.7 Å². The van der Waals surface area contributed by atoms with Crippen LogP contribution in [0.5, 0.6) is 17.2 Å². The molecule has 5 rings (SSSR count). The summed E-state index contributed by atoms with van der Waals surface area (Å²) in [5, 5.41) is 5.88. The molecular formula is C32H36N6O4. The summed E-state index contributed by atoms with van der Waals surface area (Å²) >= 11 is 0. The first-order valence-electron chi connectivity index (χ1n) is 13.8. The topological polar surface area (TPSA) is 101 Å². The minimum atomic E-state index is -0.716. The molecule has 0 saturated carbocycles. The fraction of sp³-hybridized carbons (Fsp3) is 0.281. The Kier molecular flexibility index (Phi) is 8.73. The largest absolute Gasteiger partial charge is 0.496 e. The Hall–Kier alpha value is -4.83. The van der Waals surface area contributed by atoms with Gasteiger partial charge in [0.2, 0.25) is 5.95 Å². The Morgan fingerprint density at radius 2 is 1.52 bits per heavy atom. The molecule has 1 fully saturated rings. The zero-order valence-electron chi connectivity index (χ0n) is 24.6. The van der Waals surface area contributed by atoms with Crippen LogP contribution in [-0.2, 0) is 0 Å². The number of aromatic nitrogens is 2. The highest BCUT2D eigenvalue weighted by atomic mass is 16.6. The molecule has 1 amide bonds. The summed E-state index contributed by atoms with van der Waals surface area (Å²) in [7, 11) is 5.28. The maximum atomic E-state index is 13.0. The molecule has 0 aliphatic carbocycles. The average molecular weight is 569 g/mol. The number of carbonyl (C=O) groups excluding carboxylic acids is 1. The molecule has 1 aliphatic heterocycles. The van der Waals surface area contributed by atoms with E-state index in [1.807, 2.05) is 44.2 Å². The number of likely N-dealkylation sites (N-methyl/N-ethyl adjacent to an activating group) is 1. The molecule has 218 valence electrons. The minimum Gasteiger partial charge on any atom is -0.496 e. The number of ether oxygens (including phenoxy) is 3. The first-order valence-corrected chi connectivity index (χ1v) is 13.8. The van der Waals surface area contributed by atoms with Crippen molar-refractivity contribution in [3.8, 4) is 28.4 Å². The smallest absolute Gasteiger partial charge is 0.418 e. The van der Waals surface area contributed by atoms with Crippen LogP contribution >= 0.6 is 0 Å². The van der Waals surface area contributed by atoms with Gasteiger partial charge in [-0.05, 0) is 80.1 Å². The maximum Gasteiger partial charge on any atom is 0.418 e. The number of nitrogens with one attached hydrogen (secondary N) is 2. The first-order chi connectivity index (χ1) is 20.4. The molecule has 0 radical (unpaired) electrons. The molecule has 1 saturated heterocycles. The predicted molar refractivity (Wildman–Crippen MR) is 166 cm³/mol. The van der Waals surface area contributed by atoms with E-state index in [0.29, 0.717) is 23.0 Å². The zero-order chi connectivity index (χ0) is 29.6. The van der Waals surface area contributed by atoms with E-state index in [2.05, 4.69) is 49.6 Å². The van der Waals surface area contributed by atoms with Gasteiger partial charge < -0.3 is 29.3 Å². The number of hydrogen-bond donors (Lipinski definition) is 2. The predicted octanol–water partition coefficient (Wildman–Crippen LogP) is 5.88. The van der Waals surface area contributed by atoms with E-state index in [1.165, 1.54) is 12.8 Å². The molecule has 0 bridgehead atoms. The third-order valence-electron chi connectivity index (χ3n) is 7.32. The number of aryl methyl sites for hydroxylation is 2. The van der Waals surface area contributed by atoms with Crippen molar-refractivity contribution in [1.29, 1.82) is 0 Å². The Balaban J connectivity index is 1.29. The van der Waals surface area contributed by atoms with Crippen molar-refractivity contribution >= 4 is 29.2 Å². The maximum absolute atomic E-state index is 13.0. The van der Waals surface area contributed by atoms with E-state index in [4.69, 9.17) is 14.2 Å². The van der Waals surface area contributed by atoms with Crippen molar-refractivity contribution in [3.05, 3.63) is 78.0 Å². The lowest BCUT2D eigenvalue weighted by Gasteiger charge is -2.34. The standard InChI is InChI=1S/C32H36N6O4/c1-21-7-6-8-22(2)28(21)29-25(40-4)13-14-26(30(29)41-5)42-32(39)36-27-15-16-33-31(35-27)34-23-9-11-24(12-10-23)38-19-17-37(3)18-20-38/h6-16H,17-20H2,1-5H3,(H2,33,34,35,36,39). The van der Waals surface area contributed by atoms with E-state index in [1.54, 1.807) is 31.5 Å². The highest BCUT2D eigenvalue weighted by molar-refractivity contribution is 5.88. The Morgan fingerprint density at radius 1 is 0.833 bits per heavy atom. The monoisotopic (exact) mass is 568 g/mol. The summed E-state index contributed by atoms with van der Waals surface area (Å²) in [4.78, 5) is 26.4. The lowest BCUT2D eigenvalue weighted by Crippen LogP contribution is -2.44. The third kappa shape index (κ3) is 6.39. The molecule has 10 heteroatoms. The number of rotatable bonds is 8. The van der Waals surface area contributed by atoms with E-state index < -0.39 is 6.09 Å². The van der Waals surface area contributed by atoms with Crippen molar-refractivity contribution in [3.63, 3.8) is 0 Å². The first kappa shape index (κ1) is 28.7. The lowest BCUT2D eigenvalue weighted by atomic mass is 9.94. The Morgan fingerprint density at radius 3 is 2.19 bits per heavy atom. The number of amides is 1. The van der Waals surface area contributed by atoms with E-state index in [-0.39, 0.29) is 11.6 Å². The normalized spacial score (nSPS) is 13.4. The Bertz CT molecular complexity index is 1530. The molecule has 2 heterocycles. The number of benzene rings is 3. The summed E-state index contributed by atoms with van der Waals surface area (Å²) < 4.78 is 17.1. The molecule has 10 nitrogen and oxygen atoms in total. The number of carbonyl (C=O) groups is 1. The molecule has 42 heavy (non-hydrogen) atoms. The van der Waals surface area contributed by atoms with Gasteiger partial charge in [-0.3, -0.25) is 5.32 Å². The van der Waals surface area contributed by atoms with Crippen LogP contribution in [0.15, 0.2) is 66.9 Å². The fourth-order valence-electron chi connectivity index (χ4n) is 5.11. The summed E-state index contributed by atoms with van der Waals surface area (Å²) in [5.74, 6) is 1.89. The van der Waals surface area contributed by atoms with E-state index >= 15 is 0 Å². The van der Waals surface area contributed by atoms with Crippen LogP contribution in [0.25, 0.3) is 11.1 Å².